The normalized spacial score (nSPS) is 11.8. The summed E-state index contributed by atoms with van der Waals surface area (Å²) in [5.74, 6) is 0. The highest BCUT2D eigenvalue weighted by atomic mass is 16.4. The highest BCUT2D eigenvalue weighted by Gasteiger charge is 2.17. The second-order valence-corrected chi connectivity index (χ2v) is 4.43. The Morgan fingerprint density at radius 3 is 1.25 bits per heavy atom. The summed E-state index contributed by atoms with van der Waals surface area (Å²) >= 11 is 0. The second-order valence-electron chi connectivity index (χ2n) is 4.43. The maximum absolute atomic E-state index is 11.7. The maximum Gasteiger partial charge on any atom is 0.347 e. The van der Waals surface area contributed by atoms with Crippen LogP contribution in [-0.2, 0) is 0 Å². The van der Waals surface area contributed by atoms with Crippen LogP contribution in [0.5, 0.6) is 0 Å². The Morgan fingerprint density at radius 2 is 0.850 bits per heavy atom. The molecule has 0 unspecified atom stereocenters. The Bertz CT molecular complexity index is 1120. The molecule has 2 heterocycles. The van der Waals surface area contributed by atoms with Gasteiger partial charge in [0.25, 0.3) is 0 Å². The average molecular weight is 268 g/mol. The van der Waals surface area contributed by atoms with E-state index in [0.717, 1.165) is 0 Å². The van der Waals surface area contributed by atoms with Gasteiger partial charge in [0.05, 0.1) is 21.5 Å². The lowest BCUT2D eigenvalue weighted by Gasteiger charge is -1.97. The number of hydrogen-bond acceptors (Lipinski definition) is 6. The van der Waals surface area contributed by atoms with E-state index in [1.54, 1.807) is 0 Å². The molecule has 0 amide bonds. The zero-order valence-electron chi connectivity index (χ0n) is 9.76. The van der Waals surface area contributed by atoms with Gasteiger partial charge in [-0.05, 0) is 22.9 Å². The van der Waals surface area contributed by atoms with E-state index in [1.807, 2.05) is 0 Å². The molecule has 0 saturated carbocycles. The predicted molar refractivity (Wildman–Crippen MR) is 70.9 cm³/mol. The molecule has 0 bridgehead atoms. The van der Waals surface area contributed by atoms with Gasteiger partial charge in [0.1, 0.15) is 0 Å². The molecule has 96 valence electrons. The fourth-order valence-corrected chi connectivity index (χ4v) is 2.57. The van der Waals surface area contributed by atoms with Crippen molar-refractivity contribution in [3.63, 3.8) is 0 Å². The first-order valence-corrected chi connectivity index (χ1v) is 5.70. The van der Waals surface area contributed by atoms with Crippen molar-refractivity contribution in [3.8, 4) is 0 Å². The molecule has 4 aromatic rings. The first-order chi connectivity index (χ1) is 9.58. The molecular formula is C14H4O6. The van der Waals surface area contributed by atoms with Gasteiger partial charge in [0.2, 0.25) is 0 Å². The van der Waals surface area contributed by atoms with Crippen LogP contribution < -0.4 is 22.5 Å². The molecule has 0 aliphatic carbocycles. The van der Waals surface area contributed by atoms with Crippen LogP contribution in [0.15, 0.2) is 52.3 Å². The first kappa shape index (κ1) is 10.9. The summed E-state index contributed by atoms with van der Waals surface area (Å²) in [7, 11) is 0. The smallest absolute Gasteiger partial charge is 0.347 e. The third-order valence-electron chi connectivity index (χ3n) is 3.42. The number of rotatable bonds is 0. The zero-order valence-corrected chi connectivity index (χ0v) is 9.76. The van der Waals surface area contributed by atoms with Crippen LogP contribution in [0.4, 0.5) is 0 Å². The Morgan fingerprint density at radius 1 is 0.500 bits per heavy atom. The van der Waals surface area contributed by atoms with Crippen molar-refractivity contribution in [2.24, 2.45) is 0 Å². The molecule has 0 fully saturated rings. The van der Waals surface area contributed by atoms with Gasteiger partial charge in [0, 0.05) is 0 Å². The predicted octanol–water partition coefficient (Wildman–Crippen LogP) is 0.649. The molecule has 2 aromatic heterocycles. The van der Waals surface area contributed by atoms with E-state index in [0.29, 0.717) is 10.8 Å². The summed E-state index contributed by atoms with van der Waals surface area (Å²) < 4.78 is 9.09. The van der Waals surface area contributed by atoms with E-state index in [2.05, 4.69) is 8.83 Å². The van der Waals surface area contributed by atoms with Crippen molar-refractivity contribution >= 4 is 32.3 Å². The molecule has 0 saturated heterocycles. The minimum absolute atomic E-state index is 0.113. The fraction of sp³-hybridized carbons (Fsp3) is 0. The first-order valence-electron chi connectivity index (χ1n) is 5.70. The highest BCUT2D eigenvalue weighted by molar-refractivity contribution is 6.16. The lowest BCUT2D eigenvalue weighted by atomic mass is 10.0. The number of furan rings is 2. The third-order valence-corrected chi connectivity index (χ3v) is 3.42. The molecular weight excluding hydrogens is 264 g/mol. The van der Waals surface area contributed by atoms with Gasteiger partial charge >= 0.3 is 22.5 Å². The van der Waals surface area contributed by atoms with E-state index in [1.165, 1.54) is 24.3 Å². The number of benzene rings is 2. The Hall–Kier alpha value is -3.02. The lowest BCUT2D eigenvalue weighted by Crippen LogP contribution is -1.95. The largest absolute Gasteiger partial charge is 0.386 e. The van der Waals surface area contributed by atoms with Gasteiger partial charge in [-0.15, -0.1) is 0 Å². The zero-order chi connectivity index (χ0) is 14.0. The van der Waals surface area contributed by atoms with Crippen molar-refractivity contribution in [3.05, 3.63) is 65.9 Å². The monoisotopic (exact) mass is 268 g/mol. The summed E-state index contributed by atoms with van der Waals surface area (Å²) in [4.78, 5) is 46.4. The van der Waals surface area contributed by atoms with Gasteiger partial charge in [-0.25, -0.2) is 19.2 Å². The van der Waals surface area contributed by atoms with E-state index < -0.39 is 22.5 Å². The minimum atomic E-state index is -0.756. The van der Waals surface area contributed by atoms with Crippen LogP contribution in [0.2, 0.25) is 0 Å². The molecule has 0 spiro atoms. The summed E-state index contributed by atoms with van der Waals surface area (Å²) in [5, 5.41) is 1.32. The Labute approximate surface area is 108 Å². The third kappa shape index (κ3) is 1.13. The molecule has 20 heavy (non-hydrogen) atoms. The van der Waals surface area contributed by atoms with Crippen molar-refractivity contribution in [1.29, 1.82) is 0 Å². The van der Waals surface area contributed by atoms with Crippen molar-refractivity contribution in [2.75, 3.05) is 0 Å². The standard InChI is InChI=1S/C14H4O6/c15-11-7-3-1-5-6(10(7)14(18)19-11)2-4-8-9(5)13(17)20-12(8)16/h1-4H. The Balaban J connectivity index is 2.47. The topological polar surface area (TPSA) is 94.6 Å². The van der Waals surface area contributed by atoms with Crippen molar-refractivity contribution in [2.45, 2.75) is 0 Å². The van der Waals surface area contributed by atoms with Crippen LogP contribution >= 0.6 is 0 Å². The second kappa shape index (κ2) is 3.30. The summed E-state index contributed by atoms with van der Waals surface area (Å²) in [6, 6.07) is 5.82. The summed E-state index contributed by atoms with van der Waals surface area (Å²) in [5.41, 5.74) is -2.95. The van der Waals surface area contributed by atoms with Gasteiger partial charge in [-0.3, -0.25) is 0 Å². The van der Waals surface area contributed by atoms with Crippen LogP contribution in [0, 0.1) is 0 Å². The van der Waals surface area contributed by atoms with Gasteiger partial charge in [-0.1, -0.05) is 12.1 Å². The van der Waals surface area contributed by atoms with E-state index in [4.69, 9.17) is 0 Å². The van der Waals surface area contributed by atoms with Crippen LogP contribution in [0.25, 0.3) is 32.3 Å². The van der Waals surface area contributed by atoms with E-state index >= 15 is 0 Å². The summed E-state index contributed by atoms with van der Waals surface area (Å²) in [6.07, 6.45) is 0. The molecule has 0 radical (unpaired) electrons. The lowest BCUT2D eigenvalue weighted by molar-refractivity contribution is 0.500. The van der Waals surface area contributed by atoms with Crippen LogP contribution in [-0.4, -0.2) is 0 Å². The molecule has 0 N–H and O–H groups in total. The quantitative estimate of drug-likeness (QED) is 0.464. The minimum Gasteiger partial charge on any atom is -0.386 e. The molecule has 2 aromatic carbocycles. The Kier molecular flexibility index (Phi) is 1.79. The van der Waals surface area contributed by atoms with E-state index in [9.17, 15) is 19.2 Å². The van der Waals surface area contributed by atoms with Gasteiger partial charge < -0.3 is 8.83 Å². The molecule has 4 rings (SSSR count). The van der Waals surface area contributed by atoms with Gasteiger partial charge in [-0.2, -0.15) is 0 Å². The van der Waals surface area contributed by atoms with Crippen LogP contribution in [0.1, 0.15) is 0 Å². The maximum atomic E-state index is 11.7. The SMILES string of the molecule is O=c1oc(=O)c2c1ccc1c2ccc2c(=O)oc(=O)c21. The number of fused-ring (bicyclic) bond motifs is 5. The van der Waals surface area contributed by atoms with Crippen molar-refractivity contribution in [1.82, 2.24) is 0 Å². The fourth-order valence-electron chi connectivity index (χ4n) is 2.57. The molecule has 6 nitrogen and oxygen atoms in total. The summed E-state index contributed by atoms with van der Waals surface area (Å²) in [6.45, 7) is 0. The number of hydrogen-bond donors (Lipinski definition) is 0. The van der Waals surface area contributed by atoms with E-state index in [-0.39, 0.29) is 21.5 Å². The molecule has 0 aliphatic heterocycles. The molecule has 0 aliphatic rings. The molecule has 6 heteroatoms. The van der Waals surface area contributed by atoms with Crippen LogP contribution in [0.3, 0.4) is 0 Å². The van der Waals surface area contributed by atoms with Crippen molar-refractivity contribution < 1.29 is 8.83 Å². The highest BCUT2D eigenvalue weighted by Crippen LogP contribution is 2.26. The average Bonchev–Trinajstić information content (AvgIpc) is 2.87. The molecule has 0 atom stereocenters. The van der Waals surface area contributed by atoms with Gasteiger partial charge in [0.15, 0.2) is 0 Å².